The van der Waals surface area contributed by atoms with Crippen LogP contribution in [0.5, 0.6) is 0 Å². The molecule has 1 rings (SSSR count). The standard InChI is InChI=1S/C22H37NO2/c24-22(25)19-15-13-11-9-7-5-3-1-2-4-6-8-10-12-14-17-21-18-16-20-23-21/h1,3,16,18,20,23H,2,4-15,17,19H2,(H,24,25)/b3-1-. The molecule has 1 aromatic rings. The van der Waals surface area contributed by atoms with Crippen molar-refractivity contribution in [3.8, 4) is 0 Å². The number of H-pyrrole nitrogens is 1. The Morgan fingerprint density at radius 1 is 0.840 bits per heavy atom. The Morgan fingerprint density at radius 3 is 1.96 bits per heavy atom. The molecule has 1 aromatic heterocycles. The maximum absolute atomic E-state index is 10.4. The summed E-state index contributed by atoms with van der Waals surface area (Å²) in [6.45, 7) is 0. The van der Waals surface area contributed by atoms with Crippen molar-refractivity contribution >= 4 is 5.97 Å². The summed E-state index contributed by atoms with van der Waals surface area (Å²) in [6.07, 6.45) is 24.2. The molecule has 0 bridgehead atoms. The van der Waals surface area contributed by atoms with Crippen LogP contribution in [0.1, 0.15) is 95.6 Å². The molecule has 2 N–H and O–H groups in total. The molecule has 25 heavy (non-hydrogen) atoms. The molecule has 0 fully saturated rings. The van der Waals surface area contributed by atoms with E-state index in [1.54, 1.807) is 0 Å². The van der Waals surface area contributed by atoms with Gasteiger partial charge in [0.05, 0.1) is 0 Å². The summed E-state index contributed by atoms with van der Waals surface area (Å²) >= 11 is 0. The number of carbonyl (C=O) groups is 1. The monoisotopic (exact) mass is 347 g/mol. The lowest BCUT2D eigenvalue weighted by Gasteiger charge is -2.01. The third-order valence-electron chi connectivity index (χ3n) is 4.66. The summed E-state index contributed by atoms with van der Waals surface area (Å²) in [4.78, 5) is 13.6. The van der Waals surface area contributed by atoms with Crippen LogP contribution in [0.25, 0.3) is 0 Å². The number of carboxylic acids is 1. The summed E-state index contributed by atoms with van der Waals surface area (Å²) in [5.74, 6) is -0.667. The molecule has 0 aromatic carbocycles. The van der Waals surface area contributed by atoms with E-state index in [1.165, 1.54) is 82.7 Å². The van der Waals surface area contributed by atoms with Crippen molar-refractivity contribution in [2.75, 3.05) is 0 Å². The molecule has 0 atom stereocenters. The van der Waals surface area contributed by atoms with Crippen LogP contribution in [0.3, 0.4) is 0 Å². The van der Waals surface area contributed by atoms with E-state index in [9.17, 15) is 4.79 Å². The molecule has 0 spiro atoms. The Morgan fingerprint density at radius 2 is 1.40 bits per heavy atom. The third kappa shape index (κ3) is 14.5. The average molecular weight is 348 g/mol. The van der Waals surface area contributed by atoms with Crippen molar-refractivity contribution in [2.24, 2.45) is 0 Å². The van der Waals surface area contributed by atoms with E-state index >= 15 is 0 Å². The highest BCUT2D eigenvalue weighted by Gasteiger charge is 1.96. The number of aromatic amines is 1. The van der Waals surface area contributed by atoms with Crippen molar-refractivity contribution in [2.45, 2.75) is 96.3 Å². The van der Waals surface area contributed by atoms with E-state index in [0.717, 1.165) is 12.8 Å². The molecule has 0 saturated carbocycles. The second-order valence-corrected chi connectivity index (χ2v) is 7.03. The number of carboxylic acid groups (broad SMARTS) is 1. The minimum Gasteiger partial charge on any atom is -0.481 e. The number of nitrogens with one attached hydrogen (secondary N) is 1. The van der Waals surface area contributed by atoms with E-state index < -0.39 is 5.97 Å². The summed E-state index contributed by atoms with van der Waals surface area (Å²) in [6, 6.07) is 4.25. The summed E-state index contributed by atoms with van der Waals surface area (Å²) in [5.41, 5.74) is 1.37. The van der Waals surface area contributed by atoms with Gasteiger partial charge in [0.2, 0.25) is 0 Å². The van der Waals surface area contributed by atoms with Gasteiger partial charge in [0.25, 0.3) is 0 Å². The van der Waals surface area contributed by atoms with E-state index in [4.69, 9.17) is 5.11 Å². The van der Waals surface area contributed by atoms with Gasteiger partial charge in [-0.05, 0) is 57.1 Å². The van der Waals surface area contributed by atoms with Crippen molar-refractivity contribution in [3.05, 3.63) is 36.2 Å². The van der Waals surface area contributed by atoms with Gasteiger partial charge in [0, 0.05) is 18.3 Å². The van der Waals surface area contributed by atoms with Gasteiger partial charge in [0.1, 0.15) is 0 Å². The first-order chi connectivity index (χ1) is 12.3. The number of aliphatic carboxylic acids is 1. The molecule has 0 saturated heterocycles. The van der Waals surface area contributed by atoms with E-state index in [1.807, 2.05) is 6.20 Å². The first-order valence-corrected chi connectivity index (χ1v) is 10.3. The Hall–Kier alpha value is -1.51. The highest BCUT2D eigenvalue weighted by Crippen LogP contribution is 2.11. The van der Waals surface area contributed by atoms with Crippen LogP contribution in [0, 0.1) is 0 Å². The highest BCUT2D eigenvalue weighted by atomic mass is 16.4. The maximum atomic E-state index is 10.4. The van der Waals surface area contributed by atoms with Gasteiger partial charge in [-0.15, -0.1) is 0 Å². The van der Waals surface area contributed by atoms with Crippen LogP contribution in [0.2, 0.25) is 0 Å². The first kappa shape index (κ1) is 21.5. The first-order valence-electron chi connectivity index (χ1n) is 10.3. The van der Waals surface area contributed by atoms with Crippen LogP contribution in [-0.4, -0.2) is 16.1 Å². The average Bonchev–Trinajstić information content (AvgIpc) is 3.11. The van der Waals surface area contributed by atoms with E-state index in [0.29, 0.717) is 6.42 Å². The Balaban J connectivity index is 1.73. The fraction of sp³-hybridized carbons (Fsp3) is 0.682. The van der Waals surface area contributed by atoms with Gasteiger partial charge in [-0.3, -0.25) is 4.79 Å². The Labute approximate surface area is 153 Å². The number of aryl methyl sites for hydroxylation is 1. The fourth-order valence-electron chi connectivity index (χ4n) is 3.11. The predicted octanol–water partition coefficient (Wildman–Crippen LogP) is 6.66. The smallest absolute Gasteiger partial charge is 0.303 e. The summed E-state index contributed by atoms with van der Waals surface area (Å²) < 4.78 is 0. The van der Waals surface area contributed by atoms with Crippen LogP contribution < -0.4 is 0 Å². The molecular weight excluding hydrogens is 310 g/mol. The van der Waals surface area contributed by atoms with Gasteiger partial charge in [-0.25, -0.2) is 0 Å². The van der Waals surface area contributed by atoms with Gasteiger partial charge in [0.15, 0.2) is 0 Å². The minimum absolute atomic E-state index is 0.326. The van der Waals surface area contributed by atoms with Gasteiger partial charge in [-0.1, -0.05) is 57.1 Å². The van der Waals surface area contributed by atoms with Crippen molar-refractivity contribution in [1.82, 2.24) is 4.98 Å². The molecular formula is C22H37NO2. The lowest BCUT2D eigenvalue weighted by molar-refractivity contribution is -0.137. The Bertz CT molecular complexity index is 437. The largest absolute Gasteiger partial charge is 0.481 e. The number of unbranched alkanes of at least 4 members (excludes halogenated alkanes) is 11. The number of rotatable bonds is 17. The van der Waals surface area contributed by atoms with E-state index in [2.05, 4.69) is 29.3 Å². The quantitative estimate of drug-likeness (QED) is 0.244. The maximum Gasteiger partial charge on any atom is 0.303 e. The second-order valence-electron chi connectivity index (χ2n) is 7.03. The number of hydrogen-bond donors (Lipinski definition) is 2. The lowest BCUT2D eigenvalue weighted by Crippen LogP contribution is -1.93. The zero-order chi connectivity index (χ0) is 18.0. The lowest BCUT2D eigenvalue weighted by atomic mass is 10.1. The molecule has 0 aliphatic carbocycles. The van der Waals surface area contributed by atoms with Gasteiger partial charge in [-0.2, -0.15) is 0 Å². The molecule has 3 heteroatoms. The predicted molar refractivity (Wildman–Crippen MR) is 106 cm³/mol. The molecule has 142 valence electrons. The molecule has 1 heterocycles. The van der Waals surface area contributed by atoms with Crippen LogP contribution in [-0.2, 0) is 11.2 Å². The molecule has 0 amide bonds. The SMILES string of the molecule is O=C(O)CCCCCCC/C=C\CCCCCCCCc1ccc[nH]1. The molecule has 0 aliphatic heterocycles. The van der Waals surface area contributed by atoms with Gasteiger partial charge < -0.3 is 10.1 Å². The van der Waals surface area contributed by atoms with Crippen molar-refractivity contribution in [1.29, 1.82) is 0 Å². The minimum atomic E-state index is -0.667. The number of aromatic nitrogens is 1. The highest BCUT2D eigenvalue weighted by molar-refractivity contribution is 5.66. The summed E-state index contributed by atoms with van der Waals surface area (Å²) in [7, 11) is 0. The van der Waals surface area contributed by atoms with Crippen molar-refractivity contribution < 1.29 is 9.90 Å². The van der Waals surface area contributed by atoms with Crippen LogP contribution in [0.4, 0.5) is 0 Å². The van der Waals surface area contributed by atoms with Gasteiger partial charge >= 0.3 is 5.97 Å². The zero-order valence-corrected chi connectivity index (χ0v) is 15.8. The van der Waals surface area contributed by atoms with Crippen molar-refractivity contribution in [3.63, 3.8) is 0 Å². The fourth-order valence-corrected chi connectivity index (χ4v) is 3.11. The Kier molecular flexibility index (Phi) is 13.8. The third-order valence-corrected chi connectivity index (χ3v) is 4.66. The molecule has 3 nitrogen and oxygen atoms in total. The topological polar surface area (TPSA) is 53.1 Å². The second kappa shape index (κ2) is 16.0. The molecule has 0 unspecified atom stereocenters. The zero-order valence-electron chi connectivity index (χ0n) is 15.8. The van der Waals surface area contributed by atoms with E-state index in [-0.39, 0.29) is 0 Å². The molecule has 0 radical (unpaired) electrons. The van der Waals surface area contributed by atoms with Crippen LogP contribution in [0.15, 0.2) is 30.5 Å². The number of allylic oxidation sites excluding steroid dienone is 2. The summed E-state index contributed by atoms with van der Waals surface area (Å²) in [5, 5.41) is 8.55. The normalized spacial score (nSPS) is 11.4. The molecule has 0 aliphatic rings. The number of hydrogen-bond acceptors (Lipinski definition) is 1. The van der Waals surface area contributed by atoms with Crippen LogP contribution >= 0.6 is 0 Å².